The fourth-order valence-corrected chi connectivity index (χ4v) is 3.48. The molecule has 24 heavy (non-hydrogen) atoms. The van der Waals surface area contributed by atoms with Crippen molar-refractivity contribution in [3.8, 4) is 0 Å². The predicted octanol–water partition coefficient (Wildman–Crippen LogP) is 4.04. The molecule has 1 aromatic carbocycles. The van der Waals surface area contributed by atoms with Crippen LogP contribution in [0.15, 0.2) is 48.8 Å². The number of halogens is 1. The zero-order valence-electron chi connectivity index (χ0n) is 13.3. The quantitative estimate of drug-likeness (QED) is 0.862. The number of nitrogens with zero attached hydrogens (tertiary/aromatic N) is 1. The number of amides is 2. The van der Waals surface area contributed by atoms with Gasteiger partial charge in [0.2, 0.25) is 0 Å². The second-order valence-electron chi connectivity index (χ2n) is 6.72. The number of carbonyl (C=O) groups excluding carboxylic acids is 1. The molecule has 2 aliphatic rings. The second-order valence-corrected chi connectivity index (χ2v) is 7.15. The average molecular weight is 342 g/mol. The molecule has 0 aliphatic heterocycles. The van der Waals surface area contributed by atoms with E-state index in [2.05, 4.69) is 21.7 Å². The van der Waals surface area contributed by atoms with Gasteiger partial charge in [0.1, 0.15) is 0 Å². The number of rotatable bonds is 5. The normalized spacial score (nSPS) is 23.4. The third-order valence-corrected chi connectivity index (χ3v) is 5.06. The van der Waals surface area contributed by atoms with E-state index in [4.69, 9.17) is 11.6 Å². The Balaban J connectivity index is 1.35. The van der Waals surface area contributed by atoms with Crippen molar-refractivity contribution in [2.45, 2.75) is 37.3 Å². The maximum Gasteiger partial charge on any atom is 0.315 e. The summed E-state index contributed by atoms with van der Waals surface area (Å²) in [6.07, 6.45) is 6.86. The number of aromatic nitrogens is 1. The molecule has 124 valence electrons. The highest BCUT2D eigenvalue weighted by molar-refractivity contribution is 6.30. The first-order valence-corrected chi connectivity index (χ1v) is 8.81. The highest BCUT2D eigenvalue weighted by atomic mass is 35.5. The number of benzene rings is 1. The Morgan fingerprint density at radius 3 is 2.71 bits per heavy atom. The van der Waals surface area contributed by atoms with Gasteiger partial charge >= 0.3 is 6.03 Å². The van der Waals surface area contributed by atoms with Crippen LogP contribution in [0.2, 0.25) is 5.02 Å². The fourth-order valence-electron chi connectivity index (χ4n) is 3.29. The van der Waals surface area contributed by atoms with Crippen LogP contribution in [0.25, 0.3) is 0 Å². The van der Waals surface area contributed by atoms with Crippen LogP contribution in [-0.4, -0.2) is 17.1 Å². The summed E-state index contributed by atoms with van der Waals surface area (Å²) in [5, 5.41) is 6.99. The summed E-state index contributed by atoms with van der Waals surface area (Å²) >= 11 is 6.04. The van der Waals surface area contributed by atoms with Crippen molar-refractivity contribution in [1.29, 1.82) is 0 Å². The first-order valence-electron chi connectivity index (χ1n) is 8.43. The molecule has 2 aliphatic carbocycles. The first-order chi connectivity index (χ1) is 11.7. The molecule has 1 aromatic heterocycles. The number of hydrogen-bond acceptors (Lipinski definition) is 2. The van der Waals surface area contributed by atoms with E-state index < -0.39 is 0 Å². The van der Waals surface area contributed by atoms with E-state index in [1.165, 1.54) is 18.4 Å². The minimum atomic E-state index is -0.0850. The topological polar surface area (TPSA) is 54.0 Å². The molecule has 4 rings (SSSR count). The molecule has 3 atom stereocenters. The zero-order valence-corrected chi connectivity index (χ0v) is 14.0. The smallest absolute Gasteiger partial charge is 0.315 e. The van der Waals surface area contributed by atoms with Gasteiger partial charge in [-0.25, -0.2) is 4.79 Å². The summed E-state index contributed by atoms with van der Waals surface area (Å²) in [6, 6.07) is 12.0. The van der Waals surface area contributed by atoms with Crippen LogP contribution in [0.5, 0.6) is 0 Å². The molecule has 2 N–H and O–H groups in total. The van der Waals surface area contributed by atoms with Crippen LogP contribution in [0.4, 0.5) is 4.79 Å². The van der Waals surface area contributed by atoms with Crippen molar-refractivity contribution < 1.29 is 4.79 Å². The molecule has 0 radical (unpaired) electrons. The molecule has 2 saturated carbocycles. The van der Waals surface area contributed by atoms with Gasteiger partial charge in [0, 0.05) is 29.4 Å². The van der Waals surface area contributed by atoms with Crippen molar-refractivity contribution in [3.63, 3.8) is 0 Å². The third kappa shape index (κ3) is 3.54. The fraction of sp³-hybridized carbons (Fsp3) is 0.368. The Morgan fingerprint density at radius 2 is 2.00 bits per heavy atom. The van der Waals surface area contributed by atoms with Gasteiger partial charge < -0.3 is 10.6 Å². The summed E-state index contributed by atoms with van der Waals surface area (Å²) in [5.41, 5.74) is 2.32. The van der Waals surface area contributed by atoms with Gasteiger partial charge in [0.05, 0.1) is 6.04 Å². The van der Waals surface area contributed by atoms with E-state index in [1.54, 1.807) is 12.4 Å². The number of pyridine rings is 1. The molecule has 0 spiro atoms. The predicted molar refractivity (Wildman–Crippen MR) is 94.0 cm³/mol. The van der Waals surface area contributed by atoms with Gasteiger partial charge in [-0.15, -0.1) is 0 Å². The van der Waals surface area contributed by atoms with Crippen LogP contribution in [0.3, 0.4) is 0 Å². The molecule has 0 bridgehead atoms. The Hall–Kier alpha value is -2.07. The highest BCUT2D eigenvalue weighted by Gasteiger charge is 2.40. The Kier molecular flexibility index (Phi) is 4.15. The summed E-state index contributed by atoms with van der Waals surface area (Å²) in [6.45, 7) is 0. The second kappa shape index (κ2) is 6.44. The number of nitrogens with one attached hydrogen (secondary N) is 2. The monoisotopic (exact) mass is 341 g/mol. The molecular formula is C19H20ClN3O. The Bertz CT molecular complexity index is 732. The lowest BCUT2D eigenvalue weighted by atomic mass is 10.0. The molecule has 0 saturated heterocycles. The molecule has 2 fully saturated rings. The van der Waals surface area contributed by atoms with E-state index in [0.717, 1.165) is 17.0 Å². The summed E-state index contributed by atoms with van der Waals surface area (Å²) < 4.78 is 0. The highest BCUT2D eigenvalue weighted by Crippen LogP contribution is 2.42. The Labute approximate surface area is 146 Å². The maximum absolute atomic E-state index is 12.4. The van der Waals surface area contributed by atoms with E-state index in [-0.39, 0.29) is 18.1 Å². The summed E-state index contributed by atoms with van der Waals surface area (Å²) in [7, 11) is 0. The van der Waals surface area contributed by atoms with Gasteiger partial charge in [0.15, 0.2) is 0 Å². The van der Waals surface area contributed by atoms with E-state index in [0.29, 0.717) is 11.8 Å². The summed E-state index contributed by atoms with van der Waals surface area (Å²) in [5.74, 6) is 0.913. The Morgan fingerprint density at radius 1 is 1.21 bits per heavy atom. The van der Waals surface area contributed by atoms with Crippen molar-refractivity contribution >= 4 is 17.6 Å². The van der Waals surface area contributed by atoms with E-state index >= 15 is 0 Å². The summed E-state index contributed by atoms with van der Waals surface area (Å²) in [4.78, 5) is 16.4. The number of urea groups is 1. The van der Waals surface area contributed by atoms with Crippen LogP contribution >= 0.6 is 11.6 Å². The molecule has 2 aromatic rings. The van der Waals surface area contributed by atoms with Gasteiger partial charge in [0.25, 0.3) is 0 Å². The number of hydrogen-bond donors (Lipinski definition) is 2. The molecule has 4 nitrogen and oxygen atoms in total. The maximum atomic E-state index is 12.4. The molecule has 5 heteroatoms. The van der Waals surface area contributed by atoms with Gasteiger partial charge in [-0.3, -0.25) is 4.98 Å². The standard InChI is InChI=1S/C19H20ClN3O/c20-15-3-1-2-14(10-15)16-11-17(16)22-19(24)23-18(12-4-5-12)13-6-8-21-9-7-13/h1-3,6-10,12,16-18H,4-5,11H2,(H2,22,23,24)/t16-,17+,18?/m0/s1. The van der Waals surface area contributed by atoms with Gasteiger partial charge in [-0.2, -0.15) is 0 Å². The van der Waals surface area contributed by atoms with E-state index in [1.807, 2.05) is 30.3 Å². The SMILES string of the molecule is O=C(NC(c1ccncc1)C1CC1)N[C@@H]1C[C@H]1c1cccc(Cl)c1. The van der Waals surface area contributed by atoms with Crippen molar-refractivity contribution in [3.05, 3.63) is 64.9 Å². The largest absolute Gasteiger partial charge is 0.335 e. The van der Waals surface area contributed by atoms with Crippen LogP contribution in [0, 0.1) is 5.92 Å². The van der Waals surface area contributed by atoms with Crippen LogP contribution in [-0.2, 0) is 0 Å². The van der Waals surface area contributed by atoms with Crippen LogP contribution in [0.1, 0.15) is 42.3 Å². The lowest BCUT2D eigenvalue weighted by molar-refractivity contribution is 0.235. The minimum absolute atomic E-state index is 0.0800. The molecule has 1 heterocycles. The molecular weight excluding hydrogens is 322 g/mol. The van der Waals surface area contributed by atoms with Crippen molar-refractivity contribution in [2.75, 3.05) is 0 Å². The molecule has 1 unspecified atom stereocenters. The lowest BCUT2D eigenvalue weighted by Crippen LogP contribution is -2.40. The third-order valence-electron chi connectivity index (χ3n) is 4.83. The zero-order chi connectivity index (χ0) is 16.5. The molecule has 2 amide bonds. The van der Waals surface area contributed by atoms with Crippen molar-refractivity contribution in [2.24, 2.45) is 5.92 Å². The van der Waals surface area contributed by atoms with Gasteiger partial charge in [-0.05, 0) is 60.6 Å². The first kappa shape index (κ1) is 15.5. The number of carbonyl (C=O) groups is 1. The van der Waals surface area contributed by atoms with Crippen molar-refractivity contribution in [1.82, 2.24) is 15.6 Å². The van der Waals surface area contributed by atoms with Gasteiger partial charge in [-0.1, -0.05) is 23.7 Å². The average Bonchev–Trinajstić information content (AvgIpc) is 3.48. The van der Waals surface area contributed by atoms with Crippen LogP contribution < -0.4 is 10.6 Å². The lowest BCUT2D eigenvalue weighted by Gasteiger charge is -2.19. The van der Waals surface area contributed by atoms with E-state index in [9.17, 15) is 4.79 Å². The minimum Gasteiger partial charge on any atom is -0.335 e.